The summed E-state index contributed by atoms with van der Waals surface area (Å²) in [5, 5.41) is 15.3. The molecule has 0 amide bonds. The van der Waals surface area contributed by atoms with Crippen molar-refractivity contribution in [1.82, 2.24) is 20.6 Å². The van der Waals surface area contributed by atoms with Crippen LogP contribution in [0.15, 0.2) is 36.4 Å². The molecule has 0 bridgehead atoms. The Balaban J connectivity index is 2.11. The van der Waals surface area contributed by atoms with E-state index in [0.29, 0.717) is 0 Å². The van der Waals surface area contributed by atoms with Crippen LogP contribution in [-0.2, 0) is 6.42 Å². The van der Waals surface area contributed by atoms with E-state index >= 15 is 0 Å². The molecule has 1 heterocycles. The highest BCUT2D eigenvalue weighted by molar-refractivity contribution is 5.90. The summed E-state index contributed by atoms with van der Waals surface area (Å²) in [4.78, 5) is 0. The maximum atomic E-state index is 4.11. The summed E-state index contributed by atoms with van der Waals surface area (Å²) in [7, 11) is 0. The molecule has 4 nitrogen and oxygen atoms in total. The number of nitrogens with zero attached hydrogens (tertiary/aromatic N) is 4. The molecule has 0 saturated carbocycles. The zero-order valence-electron chi connectivity index (χ0n) is 8.96. The van der Waals surface area contributed by atoms with Crippen LogP contribution in [-0.4, -0.2) is 20.6 Å². The highest BCUT2D eigenvalue weighted by Crippen LogP contribution is 2.38. The average molecular weight is 220 g/mol. The predicted molar refractivity (Wildman–Crippen MR) is 63.4 cm³/mol. The van der Waals surface area contributed by atoms with Crippen molar-refractivity contribution < 1.29 is 0 Å². The van der Waals surface area contributed by atoms with Gasteiger partial charge in [-0.2, -0.15) is 0 Å². The monoisotopic (exact) mass is 220 g/mol. The van der Waals surface area contributed by atoms with Crippen LogP contribution in [0.5, 0.6) is 0 Å². The first-order valence-electron chi connectivity index (χ1n) is 5.49. The van der Waals surface area contributed by atoms with Gasteiger partial charge in [-0.05, 0) is 38.7 Å². The average Bonchev–Trinajstić information content (AvgIpc) is 2.78. The lowest BCUT2D eigenvalue weighted by Crippen LogP contribution is -1.95. The summed E-state index contributed by atoms with van der Waals surface area (Å²) in [5.41, 5.74) is 6.78. The molecule has 0 atom stereocenters. The summed E-state index contributed by atoms with van der Waals surface area (Å²) in [6.45, 7) is 0. The van der Waals surface area contributed by atoms with Crippen LogP contribution in [0.4, 0.5) is 0 Å². The number of rotatable bonds is 0. The van der Waals surface area contributed by atoms with E-state index in [1.807, 2.05) is 6.07 Å². The van der Waals surface area contributed by atoms with Gasteiger partial charge in [0.2, 0.25) is 0 Å². The number of fused-ring (bicyclic) bond motifs is 5. The lowest BCUT2D eigenvalue weighted by Gasteiger charge is -2.01. The van der Waals surface area contributed by atoms with E-state index in [0.717, 1.165) is 17.5 Å². The van der Waals surface area contributed by atoms with E-state index < -0.39 is 0 Å². The Kier molecular flexibility index (Phi) is 1.58. The third kappa shape index (κ3) is 1.12. The van der Waals surface area contributed by atoms with Gasteiger partial charge in [-0.1, -0.05) is 30.3 Å². The van der Waals surface area contributed by atoms with Gasteiger partial charge in [0.15, 0.2) is 0 Å². The highest BCUT2D eigenvalue weighted by Gasteiger charge is 2.21. The lowest BCUT2D eigenvalue weighted by molar-refractivity contribution is 0.795. The largest absolute Gasteiger partial charge is 0.127 e. The van der Waals surface area contributed by atoms with Crippen LogP contribution >= 0.6 is 0 Å². The van der Waals surface area contributed by atoms with Crippen molar-refractivity contribution in [2.24, 2.45) is 0 Å². The molecule has 80 valence electrons. The second-order valence-electron chi connectivity index (χ2n) is 4.17. The van der Waals surface area contributed by atoms with E-state index in [1.54, 1.807) is 0 Å². The molecule has 2 aromatic carbocycles. The first kappa shape index (κ1) is 8.75. The van der Waals surface area contributed by atoms with Crippen LogP contribution in [0, 0.1) is 0 Å². The predicted octanol–water partition coefficient (Wildman–Crippen LogP) is 1.99. The van der Waals surface area contributed by atoms with Crippen molar-refractivity contribution in [3.05, 3.63) is 47.5 Å². The molecule has 0 aliphatic heterocycles. The smallest absolute Gasteiger partial charge is 0.119 e. The zero-order chi connectivity index (χ0) is 11.2. The Morgan fingerprint density at radius 1 is 0.824 bits per heavy atom. The summed E-state index contributed by atoms with van der Waals surface area (Å²) in [6, 6.07) is 12.5. The minimum atomic E-state index is 0.812. The molecule has 0 N–H and O–H groups in total. The summed E-state index contributed by atoms with van der Waals surface area (Å²) in [5.74, 6) is 0. The normalized spacial score (nSPS) is 12.5. The van der Waals surface area contributed by atoms with Crippen molar-refractivity contribution in [1.29, 1.82) is 0 Å². The fourth-order valence-corrected chi connectivity index (χ4v) is 2.51. The lowest BCUT2D eigenvalue weighted by atomic mass is 10.1. The van der Waals surface area contributed by atoms with Gasteiger partial charge in [0.05, 0.1) is 0 Å². The number of hydrogen-bond acceptors (Lipinski definition) is 4. The van der Waals surface area contributed by atoms with Gasteiger partial charge >= 0.3 is 0 Å². The van der Waals surface area contributed by atoms with Gasteiger partial charge in [-0.25, -0.2) is 0 Å². The van der Waals surface area contributed by atoms with E-state index in [1.165, 1.54) is 22.3 Å². The molecule has 0 unspecified atom stereocenters. The van der Waals surface area contributed by atoms with Gasteiger partial charge in [-0.15, -0.1) is 10.2 Å². The molecular formula is C13H8N4. The van der Waals surface area contributed by atoms with Gasteiger partial charge in [0.25, 0.3) is 0 Å². The quantitative estimate of drug-likeness (QED) is 0.454. The Labute approximate surface area is 97.3 Å². The maximum Gasteiger partial charge on any atom is 0.119 e. The van der Waals surface area contributed by atoms with Crippen molar-refractivity contribution in [2.45, 2.75) is 6.42 Å². The second kappa shape index (κ2) is 3.07. The third-order valence-electron chi connectivity index (χ3n) is 3.27. The van der Waals surface area contributed by atoms with Crippen molar-refractivity contribution >= 4 is 11.0 Å². The van der Waals surface area contributed by atoms with E-state index in [9.17, 15) is 0 Å². The molecule has 0 fully saturated rings. The van der Waals surface area contributed by atoms with Gasteiger partial charge in [-0.3, -0.25) is 0 Å². The molecule has 4 heteroatoms. The fraction of sp³-hybridized carbons (Fsp3) is 0.0769. The van der Waals surface area contributed by atoms with Crippen LogP contribution in [0.3, 0.4) is 0 Å². The first-order chi connectivity index (χ1) is 8.43. The molecule has 4 rings (SSSR count). The van der Waals surface area contributed by atoms with Gasteiger partial charge in [0, 0.05) is 6.42 Å². The maximum absolute atomic E-state index is 4.11. The second-order valence-corrected chi connectivity index (χ2v) is 4.17. The first-order valence-corrected chi connectivity index (χ1v) is 5.49. The molecule has 3 aromatic rings. The minimum absolute atomic E-state index is 0.812. The van der Waals surface area contributed by atoms with Crippen LogP contribution in [0.2, 0.25) is 0 Å². The topological polar surface area (TPSA) is 51.6 Å². The SMILES string of the molecule is c1ccc2c(c1)Cc1c-2ccc2nnnnc12. The molecule has 1 aromatic heterocycles. The van der Waals surface area contributed by atoms with Crippen molar-refractivity contribution in [3.8, 4) is 11.1 Å². The van der Waals surface area contributed by atoms with Crippen molar-refractivity contribution in [3.63, 3.8) is 0 Å². The third-order valence-corrected chi connectivity index (χ3v) is 3.27. The van der Waals surface area contributed by atoms with Gasteiger partial charge < -0.3 is 0 Å². The zero-order valence-corrected chi connectivity index (χ0v) is 8.96. The van der Waals surface area contributed by atoms with E-state index in [2.05, 4.69) is 51.0 Å². The minimum Gasteiger partial charge on any atom is -0.127 e. The summed E-state index contributed by atoms with van der Waals surface area (Å²) in [6.07, 6.45) is 0.906. The standard InChI is InChI=1S/C13H8N4/c1-2-4-9-8(3-1)7-11-10(9)5-6-12-13(11)15-17-16-14-12/h1-6H,7H2. The summed E-state index contributed by atoms with van der Waals surface area (Å²) >= 11 is 0. The number of benzene rings is 2. The van der Waals surface area contributed by atoms with Gasteiger partial charge in [0.1, 0.15) is 11.0 Å². The van der Waals surface area contributed by atoms with Crippen LogP contribution in [0.25, 0.3) is 22.2 Å². The van der Waals surface area contributed by atoms with Crippen LogP contribution in [0.1, 0.15) is 11.1 Å². The number of aromatic nitrogens is 4. The molecule has 17 heavy (non-hydrogen) atoms. The Morgan fingerprint density at radius 3 is 2.71 bits per heavy atom. The number of hydrogen-bond donors (Lipinski definition) is 0. The Hall–Kier alpha value is -2.36. The Bertz CT molecular complexity index is 736. The molecule has 0 spiro atoms. The van der Waals surface area contributed by atoms with Crippen molar-refractivity contribution in [2.75, 3.05) is 0 Å². The Morgan fingerprint density at radius 2 is 1.71 bits per heavy atom. The molecule has 1 aliphatic carbocycles. The van der Waals surface area contributed by atoms with E-state index in [4.69, 9.17) is 0 Å². The van der Waals surface area contributed by atoms with E-state index in [-0.39, 0.29) is 0 Å². The highest BCUT2D eigenvalue weighted by atomic mass is 15.4. The summed E-state index contributed by atoms with van der Waals surface area (Å²) < 4.78 is 0. The molecule has 1 aliphatic rings. The van der Waals surface area contributed by atoms with Crippen LogP contribution < -0.4 is 0 Å². The molecule has 0 radical (unpaired) electrons. The fourth-order valence-electron chi connectivity index (χ4n) is 2.51. The molecular weight excluding hydrogens is 212 g/mol. The molecule has 0 saturated heterocycles.